The first kappa shape index (κ1) is 15.9. The third-order valence-corrected chi connectivity index (χ3v) is 5.24. The molecule has 0 aliphatic carbocycles. The molecule has 0 spiro atoms. The molecule has 3 rings (SSSR count). The van der Waals surface area contributed by atoms with E-state index in [1.165, 1.54) is 15.3 Å². The molecule has 0 aromatic carbocycles. The van der Waals surface area contributed by atoms with E-state index in [-0.39, 0.29) is 0 Å². The Hall–Kier alpha value is -1.98. The zero-order valence-electron chi connectivity index (χ0n) is 13.6. The maximum absolute atomic E-state index is 4.11. The summed E-state index contributed by atoms with van der Waals surface area (Å²) >= 11 is 1.83. The van der Waals surface area contributed by atoms with Crippen molar-refractivity contribution in [2.45, 2.75) is 39.4 Å². The molecule has 0 aliphatic heterocycles. The fraction of sp³-hybridized carbons (Fsp3) is 0.333. The van der Waals surface area contributed by atoms with E-state index in [4.69, 9.17) is 0 Å². The minimum Gasteiger partial charge on any atom is -0.291 e. The van der Waals surface area contributed by atoms with Gasteiger partial charge in [0.2, 0.25) is 0 Å². The fourth-order valence-corrected chi connectivity index (χ4v) is 3.56. The molecule has 0 bridgehead atoms. The Morgan fingerprint density at radius 1 is 1.09 bits per heavy atom. The average molecular weight is 326 g/mol. The molecule has 1 atom stereocenters. The highest BCUT2D eigenvalue weighted by molar-refractivity contribution is 7.15. The van der Waals surface area contributed by atoms with Gasteiger partial charge in [0.05, 0.1) is 10.6 Å². The Labute approximate surface area is 141 Å². The number of hydrogen-bond donors (Lipinski definition) is 1. The third-order valence-electron chi connectivity index (χ3n) is 4.14. The zero-order valence-corrected chi connectivity index (χ0v) is 14.4. The van der Waals surface area contributed by atoms with Crippen LogP contribution in [0.5, 0.6) is 0 Å². The predicted octanol–water partition coefficient (Wildman–Crippen LogP) is 4.33. The highest BCUT2D eigenvalue weighted by atomic mass is 32.1. The monoisotopic (exact) mass is 326 g/mol. The first-order valence-corrected chi connectivity index (χ1v) is 8.79. The molecule has 0 saturated heterocycles. The Morgan fingerprint density at radius 2 is 1.91 bits per heavy atom. The molecule has 0 amide bonds. The van der Waals surface area contributed by atoms with E-state index in [0.717, 1.165) is 25.2 Å². The second kappa shape index (κ2) is 7.53. The Bertz CT molecular complexity index is 706. The molecule has 0 aliphatic rings. The summed E-state index contributed by atoms with van der Waals surface area (Å²) in [6, 6.07) is 11.1. The SMILES string of the molecule is CCC(C)N(Cc1ccncc1)Cc1ccc(-c2ccn[nH]2)s1. The van der Waals surface area contributed by atoms with Crippen LogP contribution in [0.2, 0.25) is 0 Å². The maximum Gasteiger partial charge on any atom is 0.0749 e. The van der Waals surface area contributed by atoms with Gasteiger partial charge in [-0.05, 0) is 49.2 Å². The van der Waals surface area contributed by atoms with Crippen LogP contribution < -0.4 is 0 Å². The lowest BCUT2D eigenvalue weighted by molar-refractivity contribution is 0.188. The van der Waals surface area contributed by atoms with Gasteiger partial charge in [-0.25, -0.2) is 0 Å². The summed E-state index contributed by atoms with van der Waals surface area (Å²) in [5.41, 5.74) is 2.40. The standard InChI is InChI=1S/C18H22N4S/c1-3-14(2)22(12-15-6-9-19-10-7-15)13-16-4-5-18(23-16)17-8-11-20-21-17/h4-11,14H,3,12-13H2,1-2H3,(H,20,21). The van der Waals surface area contributed by atoms with Gasteiger partial charge in [0.25, 0.3) is 0 Å². The quantitative estimate of drug-likeness (QED) is 0.702. The van der Waals surface area contributed by atoms with Gasteiger partial charge in [-0.1, -0.05) is 6.92 Å². The number of hydrogen-bond acceptors (Lipinski definition) is 4. The van der Waals surface area contributed by atoms with Crippen LogP contribution in [0.25, 0.3) is 10.6 Å². The first-order chi connectivity index (χ1) is 11.3. The number of nitrogens with zero attached hydrogens (tertiary/aromatic N) is 3. The fourth-order valence-electron chi connectivity index (χ4n) is 2.55. The number of rotatable bonds is 7. The van der Waals surface area contributed by atoms with Gasteiger partial charge < -0.3 is 0 Å². The largest absolute Gasteiger partial charge is 0.291 e. The van der Waals surface area contributed by atoms with Gasteiger partial charge in [0.1, 0.15) is 0 Å². The molecule has 3 heterocycles. The predicted molar refractivity (Wildman–Crippen MR) is 95.1 cm³/mol. The van der Waals surface area contributed by atoms with Gasteiger partial charge >= 0.3 is 0 Å². The van der Waals surface area contributed by atoms with Crippen LogP contribution in [0.4, 0.5) is 0 Å². The number of aromatic nitrogens is 3. The summed E-state index contributed by atoms with van der Waals surface area (Å²) in [4.78, 5) is 9.25. The third kappa shape index (κ3) is 4.06. The van der Waals surface area contributed by atoms with E-state index >= 15 is 0 Å². The molecule has 4 nitrogen and oxygen atoms in total. The zero-order chi connectivity index (χ0) is 16.1. The van der Waals surface area contributed by atoms with E-state index in [0.29, 0.717) is 6.04 Å². The molecule has 0 saturated carbocycles. The van der Waals surface area contributed by atoms with Gasteiger partial charge in [-0.2, -0.15) is 5.10 Å². The van der Waals surface area contributed by atoms with E-state index in [1.54, 1.807) is 6.20 Å². The molecule has 0 fully saturated rings. The highest BCUT2D eigenvalue weighted by Gasteiger charge is 2.15. The normalized spacial score (nSPS) is 12.7. The van der Waals surface area contributed by atoms with Crippen LogP contribution in [0.1, 0.15) is 30.7 Å². The molecule has 23 heavy (non-hydrogen) atoms. The number of thiophene rings is 1. The van der Waals surface area contributed by atoms with Crippen molar-refractivity contribution in [1.82, 2.24) is 20.1 Å². The van der Waals surface area contributed by atoms with E-state index < -0.39 is 0 Å². The second-order valence-corrected chi connectivity index (χ2v) is 6.92. The van der Waals surface area contributed by atoms with Crippen molar-refractivity contribution in [2.24, 2.45) is 0 Å². The molecule has 0 radical (unpaired) electrons. The lowest BCUT2D eigenvalue weighted by Crippen LogP contribution is -2.31. The van der Waals surface area contributed by atoms with E-state index in [9.17, 15) is 0 Å². The summed E-state index contributed by atoms with van der Waals surface area (Å²) in [6.45, 7) is 6.46. The molecule has 3 aromatic rings. The minimum atomic E-state index is 0.542. The summed E-state index contributed by atoms with van der Waals surface area (Å²) in [5.74, 6) is 0. The Balaban J connectivity index is 1.73. The number of aromatic amines is 1. The molecular weight excluding hydrogens is 304 g/mol. The molecule has 3 aromatic heterocycles. The Kier molecular flexibility index (Phi) is 5.20. The summed E-state index contributed by atoms with van der Waals surface area (Å²) in [7, 11) is 0. The lowest BCUT2D eigenvalue weighted by atomic mass is 10.1. The minimum absolute atomic E-state index is 0.542. The highest BCUT2D eigenvalue weighted by Crippen LogP contribution is 2.28. The summed E-state index contributed by atoms with van der Waals surface area (Å²) in [6.07, 6.45) is 6.67. The van der Waals surface area contributed by atoms with Crippen LogP contribution in [0.15, 0.2) is 48.9 Å². The van der Waals surface area contributed by atoms with Crippen molar-refractivity contribution < 1.29 is 0 Å². The molecule has 5 heteroatoms. The lowest BCUT2D eigenvalue weighted by Gasteiger charge is -2.28. The van der Waals surface area contributed by atoms with Crippen LogP contribution in [0, 0.1) is 0 Å². The molecule has 1 unspecified atom stereocenters. The van der Waals surface area contributed by atoms with Gasteiger partial charge in [0, 0.05) is 42.6 Å². The van der Waals surface area contributed by atoms with E-state index in [1.807, 2.05) is 29.8 Å². The average Bonchev–Trinajstić information content (AvgIpc) is 3.25. The van der Waals surface area contributed by atoms with Gasteiger partial charge in [0.15, 0.2) is 0 Å². The van der Waals surface area contributed by atoms with Crippen molar-refractivity contribution in [1.29, 1.82) is 0 Å². The molecule has 1 N–H and O–H groups in total. The Morgan fingerprint density at radius 3 is 2.61 bits per heavy atom. The van der Waals surface area contributed by atoms with Gasteiger partial charge in [-0.3, -0.25) is 15.0 Å². The van der Waals surface area contributed by atoms with Crippen molar-refractivity contribution in [3.63, 3.8) is 0 Å². The molecular formula is C18H22N4S. The smallest absolute Gasteiger partial charge is 0.0749 e. The van der Waals surface area contributed by atoms with E-state index in [2.05, 4.69) is 58.2 Å². The number of nitrogens with one attached hydrogen (secondary N) is 1. The van der Waals surface area contributed by atoms with Crippen LogP contribution in [-0.4, -0.2) is 26.1 Å². The summed E-state index contributed by atoms with van der Waals surface area (Å²) < 4.78 is 0. The number of H-pyrrole nitrogens is 1. The number of pyridine rings is 1. The summed E-state index contributed by atoms with van der Waals surface area (Å²) in [5, 5.41) is 7.07. The van der Waals surface area contributed by atoms with Crippen molar-refractivity contribution >= 4 is 11.3 Å². The molecule has 120 valence electrons. The van der Waals surface area contributed by atoms with Crippen LogP contribution >= 0.6 is 11.3 Å². The van der Waals surface area contributed by atoms with Crippen molar-refractivity contribution in [3.8, 4) is 10.6 Å². The van der Waals surface area contributed by atoms with Gasteiger partial charge in [-0.15, -0.1) is 11.3 Å². The van der Waals surface area contributed by atoms with Crippen LogP contribution in [0.3, 0.4) is 0 Å². The topological polar surface area (TPSA) is 44.8 Å². The van der Waals surface area contributed by atoms with Crippen LogP contribution in [-0.2, 0) is 13.1 Å². The van der Waals surface area contributed by atoms with Crippen molar-refractivity contribution in [2.75, 3.05) is 0 Å². The maximum atomic E-state index is 4.11. The first-order valence-electron chi connectivity index (χ1n) is 7.97. The van der Waals surface area contributed by atoms with Crippen molar-refractivity contribution in [3.05, 3.63) is 59.4 Å². The second-order valence-electron chi connectivity index (χ2n) is 5.75.